The largest absolute Gasteiger partial charge is 0.314 e. The summed E-state index contributed by atoms with van der Waals surface area (Å²) in [5, 5.41) is 15.1. The summed E-state index contributed by atoms with van der Waals surface area (Å²) in [6, 6.07) is 5.37. The van der Waals surface area contributed by atoms with Gasteiger partial charge in [-0.3, -0.25) is 10.1 Å². The second-order valence-electron chi connectivity index (χ2n) is 5.43. The molecule has 20 heavy (non-hydrogen) atoms. The van der Waals surface area contributed by atoms with Crippen LogP contribution in [-0.2, 0) is 6.42 Å². The summed E-state index contributed by atoms with van der Waals surface area (Å²) in [5.41, 5.74) is 0.811. The molecule has 2 rings (SSSR count). The highest BCUT2D eigenvalue weighted by Gasteiger charge is 2.31. The topological polar surface area (TPSA) is 55.2 Å². The van der Waals surface area contributed by atoms with E-state index >= 15 is 0 Å². The van der Waals surface area contributed by atoms with Gasteiger partial charge in [-0.1, -0.05) is 24.6 Å². The van der Waals surface area contributed by atoms with Gasteiger partial charge in [0.1, 0.15) is 0 Å². The normalized spacial score (nSPS) is 16.1. The highest BCUT2D eigenvalue weighted by Crippen LogP contribution is 2.36. The van der Waals surface area contributed by atoms with Crippen molar-refractivity contribution >= 4 is 17.3 Å². The molecule has 1 aliphatic carbocycles. The number of nitro benzene ring substituents is 1. The lowest BCUT2D eigenvalue weighted by Gasteiger charge is -2.18. The predicted molar refractivity (Wildman–Crippen MR) is 81.2 cm³/mol. The Balaban J connectivity index is 2.03. The molecule has 0 saturated heterocycles. The molecule has 0 radical (unpaired) electrons. The lowest BCUT2D eigenvalue weighted by atomic mass is 10.0. The monoisotopic (exact) mass is 296 g/mol. The Labute approximate surface area is 124 Å². The lowest BCUT2D eigenvalue weighted by molar-refractivity contribution is -0.385. The highest BCUT2D eigenvalue weighted by molar-refractivity contribution is 6.31. The maximum atomic E-state index is 11.1. The van der Waals surface area contributed by atoms with Crippen LogP contribution in [0.3, 0.4) is 0 Å². The van der Waals surface area contributed by atoms with Gasteiger partial charge in [0.05, 0.1) is 9.95 Å². The van der Waals surface area contributed by atoms with E-state index in [1.165, 1.54) is 18.9 Å². The molecule has 0 heterocycles. The van der Waals surface area contributed by atoms with Crippen molar-refractivity contribution in [2.24, 2.45) is 5.92 Å². The van der Waals surface area contributed by atoms with Gasteiger partial charge in [0.25, 0.3) is 5.69 Å². The second kappa shape index (κ2) is 7.04. The summed E-state index contributed by atoms with van der Waals surface area (Å²) in [5.74, 6) is 0.739. The fourth-order valence-corrected chi connectivity index (χ4v) is 2.86. The highest BCUT2D eigenvalue weighted by atomic mass is 35.5. The SMILES string of the molecule is CCCNC(CCc1c(Cl)cccc1[N+](=O)[O-])C1CC1. The molecule has 1 unspecified atom stereocenters. The quantitative estimate of drug-likeness (QED) is 0.583. The van der Waals surface area contributed by atoms with Crippen molar-refractivity contribution in [3.05, 3.63) is 38.9 Å². The number of rotatable bonds is 8. The Morgan fingerprint density at radius 3 is 2.85 bits per heavy atom. The standard InChI is InChI=1S/C15H21ClN2O2/c1-2-10-17-14(11-6-7-11)9-8-12-13(16)4-3-5-15(12)18(19)20/h3-5,11,14,17H,2,6-10H2,1H3. The van der Waals surface area contributed by atoms with Crippen molar-refractivity contribution < 1.29 is 4.92 Å². The zero-order chi connectivity index (χ0) is 14.5. The zero-order valence-corrected chi connectivity index (χ0v) is 12.5. The molecule has 1 aliphatic rings. The first kappa shape index (κ1) is 15.3. The Morgan fingerprint density at radius 1 is 1.50 bits per heavy atom. The molecule has 1 saturated carbocycles. The third-order valence-electron chi connectivity index (χ3n) is 3.84. The zero-order valence-electron chi connectivity index (χ0n) is 11.8. The molecule has 0 spiro atoms. The number of nitrogens with zero attached hydrogens (tertiary/aromatic N) is 1. The van der Waals surface area contributed by atoms with Crippen molar-refractivity contribution in [2.75, 3.05) is 6.54 Å². The first-order chi connectivity index (χ1) is 9.63. The van der Waals surface area contributed by atoms with E-state index < -0.39 is 0 Å². The van der Waals surface area contributed by atoms with Crippen LogP contribution in [0, 0.1) is 16.0 Å². The molecule has 110 valence electrons. The second-order valence-corrected chi connectivity index (χ2v) is 5.84. The van der Waals surface area contributed by atoms with Crippen LogP contribution in [0.4, 0.5) is 5.69 Å². The third kappa shape index (κ3) is 3.93. The molecule has 1 aromatic carbocycles. The molecule has 1 atom stereocenters. The van der Waals surface area contributed by atoms with E-state index in [9.17, 15) is 10.1 Å². The Hall–Kier alpha value is -1.13. The summed E-state index contributed by atoms with van der Waals surface area (Å²) in [7, 11) is 0. The van der Waals surface area contributed by atoms with Gasteiger partial charge < -0.3 is 5.32 Å². The van der Waals surface area contributed by atoms with Gasteiger partial charge in [-0.05, 0) is 50.6 Å². The van der Waals surface area contributed by atoms with E-state index in [1.54, 1.807) is 12.1 Å². The summed E-state index contributed by atoms with van der Waals surface area (Å²) in [6.07, 6.45) is 5.22. The molecular formula is C15H21ClN2O2. The third-order valence-corrected chi connectivity index (χ3v) is 4.20. The number of halogens is 1. The fourth-order valence-electron chi connectivity index (χ4n) is 2.60. The molecule has 0 bridgehead atoms. The first-order valence-corrected chi connectivity index (χ1v) is 7.66. The molecule has 1 N–H and O–H groups in total. The van der Waals surface area contributed by atoms with Gasteiger partial charge in [0.15, 0.2) is 0 Å². The summed E-state index contributed by atoms with van der Waals surface area (Å²) >= 11 is 6.13. The number of nitrogens with one attached hydrogen (secondary N) is 1. The van der Waals surface area contributed by atoms with Crippen LogP contribution >= 0.6 is 11.6 Å². The number of hydrogen-bond acceptors (Lipinski definition) is 3. The van der Waals surface area contributed by atoms with E-state index in [4.69, 9.17) is 11.6 Å². The van der Waals surface area contributed by atoms with Crippen LogP contribution in [0.2, 0.25) is 5.02 Å². The van der Waals surface area contributed by atoms with Gasteiger partial charge in [-0.2, -0.15) is 0 Å². The van der Waals surface area contributed by atoms with Crippen molar-refractivity contribution in [3.63, 3.8) is 0 Å². The van der Waals surface area contributed by atoms with Gasteiger partial charge in [-0.25, -0.2) is 0 Å². The fraction of sp³-hybridized carbons (Fsp3) is 0.600. The van der Waals surface area contributed by atoms with Crippen LogP contribution in [0.25, 0.3) is 0 Å². The van der Waals surface area contributed by atoms with Gasteiger partial charge in [-0.15, -0.1) is 0 Å². The molecule has 5 heteroatoms. The maximum absolute atomic E-state index is 11.1. The maximum Gasteiger partial charge on any atom is 0.274 e. The van der Waals surface area contributed by atoms with Crippen LogP contribution in [-0.4, -0.2) is 17.5 Å². The summed E-state index contributed by atoms with van der Waals surface area (Å²) in [6.45, 7) is 3.15. The van der Waals surface area contributed by atoms with E-state index in [0.29, 0.717) is 23.0 Å². The smallest absolute Gasteiger partial charge is 0.274 e. The minimum absolute atomic E-state index is 0.141. The minimum Gasteiger partial charge on any atom is -0.314 e. The van der Waals surface area contributed by atoms with Crippen LogP contribution in [0.15, 0.2) is 18.2 Å². The Morgan fingerprint density at radius 2 is 2.25 bits per heavy atom. The number of hydrogen-bond donors (Lipinski definition) is 1. The van der Waals surface area contributed by atoms with E-state index in [1.807, 2.05) is 0 Å². The minimum atomic E-state index is -0.340. The number of nitro groups is 1. The molecule has 1 fully saturated rings. The van der Waals surface area contributed by atoms with Crippen molar-refractivity contribution in [1.29, 1.82) is 0 Å². The van der Waals surface area contributed by atoms with E-state index in [2.05, 4.69) is 12.2 Å². The number of benzene rings is 1. The molecular weight excluding hydrogens is 276 g/mol. The molecule has 0 aliphatic heterocycles. The molecule has 0 aromatic heterocycles. The van der Waals surface area contributed by atoms with Gasteiger partial charge in [0.2, 0.25) is 0 Å². The first-order valence-electron chi connectivity index (χ1n) is 7.28. The summed E-state index contributed by atoms with van der Waals surface area (Å²) in [4.78, 5) is 10.7. The Kier molecular flexibility index (Phi) is 5.38. The van der Waals surface area contributed by atoms with E-state index in [-0.39, 0.29) is 10.6 Å². The van der Waals surface area contributed by atoms with Gasteiger partial charge in [0, 0.05) is 17.7 Å². The van der Waals surface area contributed by atoms with Crippen molar-refractivity contribution in [3.8, 4) is 0 Å². The van der Waals surface area contributed by atoms with Crippen molar-refractivity contribution in [1.82, 2.24) is 5.32 Å². The lowest BCUT2D eigenvalue weighted by Crippen LogP contribution is -2.32. The Bertz CT molecular complexity index is 475. The van der Waals surface area contributed by atoms with Crippen LogP contribution in [0.5, 0.6) is 0 Å². The predicted octanol–water partition coefficient (Wildman–Crippen LogP) is 3.96. The van der Waals surface area contributed by atoms with Crippen LogP contribution < -0.4 is 5.32 Å². The molecule has 4 nitrogen and oxygen atoms in total. The average Bonchev–Trinajstić information content (AvgIpc) is 3.24. The van der Waals surface area contributed by atoms with Crippen LogP contribution in [0.1, 0.15) is 38.2 Å². The van der Waals surface area contributed by atoms with Crippen molar-refractivity contribution in [2.45, 2.75) is 45.1 Å². The summed E-state index contributed by atoms with van der Waals surface area (Å²) < 4.78 is 0. The molecule has 0 amide bonds. The average molecular weight is 297 g/mol. The molecule has 1 aromatic rings. The van der Waals surface area contributed by atoms with Gasteiger partial charge >= 0.3 is 0 Å². The van der Waals surface area contributed by atoms with E-state index in [0.717, 1.165) is 25.3 Å².